The molecule has 0 aromatic carbocycles. The first-order valence-corrected chi connectivity index (χ1v) is 5.29. The second-order valence-corrected chi connectivity index (χ2v) is 4.68. The van der Waals surface area contributed by atoms with E-state index in [0.29, 0.717) is 17.8 Å². The summed E-state index contributed by atoms with van der Waals surface area (Å²) in [7, 11) is 0. The van der Waals surface area contributed by atoms with E-state index in [2.05, 4.69) is 45.8 Å². The summed E-state index contributed by atoms with van der Waals surface area (Å²) >= 11 is 0. The van der Waals surface area contributed by atoms with Gasteiger partial charge in [0.2, 0.25) is 0 Å². The van der Waals surface area contributed by atoms with Crippen LogP contribution in [0.1, 0.15) is 41.0 Å². The second-order valence-electron chi connectivity index (χ2n) is 4.68. The van der Waals surface area contributed by atoms with Crippen molar-refractivity contribution in [2.24, 2.45) is 22.7 Å². The highest BCUT2D eigenvalue weighted by molar-refractivity contribution is 5.64. The van der Waals surface area contributed by atoms with Crippen molar-refractivity contribution < 1.29 is 0 Å². The molecule has 1 atom stereocenters. The van der Waals surface area contributed by atoms with Gasteiger partial charge in [-0.05, 0) is 29.7 Å². The number of hydrogen-bond donors (Lipinski definition) is 0. The summed E-state index contributed by atoms with van der Waals surface area (Å²) in [6.07, 6.45) is 3.30. The first kappa shape index (κ1) is 10.5. The van der Waals surface area contributed by atoms with Gasteiger partial charge in [-0.25, -0.2) is 0 Å². The highest BCUT2D eigenvalue weighted by Gasteiger charge is 2.18. The average Bonchev–Trinajstić information content (AvgIpc) is 2.03. The maximum atomic E-state index is 4.57. The van der Waals surface area contributed by atoms with E-state index in [1.54, 1.807) is 5.57 Å². The van der Waals surface area contributed by atoms with Crippen LogP contribution in [0.2, 0.25) is 0 Å². The van der Waals surface area contributed by atoms with Crippen molar-refractivity contribution in [2.75, 3.05) is 0 Å². The van der Waals surface area contributed by atoms with Crippen molar-refractivity contribution >= 4 is 6.21 Å². The van der Waals surface area contributed by atoms with Crippen molar-refractivity contribution in [3.63, 3.8) is 0 Å². The molecule has 0 amide bonds. The van der Waals surface area contributed by atoms with Crippen molar-refractivity contribution in [3.05, 3.63) is 11.3 Å². The van der Waals surface area contributed by atoms with Crippen LogP contribution in [0.5, 0.6) is 0 Å². The Labute approximate surface area is 82.0 Å². The molecule has 1 heteroatoms. The minimum absolute atomic E-state index is 0.571. The van der Waals surface area contributed by atoms with Crippen molar-refractivity contribution in [1.29, 1.82) is 0 Å². The first-order valence-electron chi connectivity index (χ1n) is 5.29. The molecular weight excluding hydrogens is 158 g/mol. The van der Waals surface area contributed by atoms with Gasteiger partial charge in [0.05, 0.1) is 0 Å². The Morgan fingerprint density at radius 3 is 2.31 bits per heavy atom. The Bertz CT molecular complexity index is 234. The van der Waals surface area contributed by atoms with Crippen LogP contribution in [0.15, 0.2) is 16.3 Å². The van der Waals surface area contributed by atoms with E-state index < -0.39 is 0 Å². The van der Waals surface area contributed by atoms with Crippen LogP contribution in [-0.4, -0.2) is 6.21 Å². The van der Waals surface area contributed by atoms with Gasteiger partial charge < -0.3 is 0 Å². The molecular formula is C12H21N. The average molecular weight is 179 g/mol. The van der Waals surface area contributed by atoms with Gasteiger partial charge in [0.1, 0.15) is 0 Å². The topological polar surface area (TPSA) is 12.4 Å². The van der Waals surface area contributed by atoms with E-state index in [1.807, 2.05) is 0 Å². The number of rotatable bonds is 2. The number of hydrogen-bond acceptors (Lipinski definition) is 1. The zero-order chi connectivity index (χ0) is 10.0. The summed E-state index contributed by atoms with van der Waals surface area (Å²) in [4.78, 5) is 4.57. The summed E-state index contributed by atoms with van der Waals surface area (Å²) in [6, 6.07) is 0. The summed E-state index contributed by atoms with van der Waals surface area (Å²) < 4.78 is 0. The molecule has 0 N–H and O–H groups in total. The van der Waals surface area contributed by atoms with Gasteiger partial charge in [0.15, 0.2) is 0 Å². The molecule has 0 aromatic rings. The van der Waals surface area contributed by atoms with Crippen LogP contribution in [-0.2, 0) is 0 Å². The molecule has 1 nitrogen and oxygen atoms in total. The minimum atomic E-state index is 0.571. The Hall–Kier alpha value is -0.590. The third kappa shape index (κ3) is 2.43. The highest BCUT2D eigenvalue weighted by Crippen LogP contribution is 2.30. The molecule has 0 saturated carbocycles. The lowest BCUT2D eigenvalue weighted by molar-refractivity contribution is 0.599. The molecule has 0 bridgehead atoms. The standard InChI is InChI=1S/C12H21N/c1-8(2)11-6-10(5)7-13-12(11)9(3)4/h7-10H,6H2,1-5H3. The fourth-order valence-electron chi connectivity index (χ4n) is 1.85. The predicted octanol–water partition coefficient (Wildman–Crippen LogP) is 3.66. The van der Waals surface area contributed by atoms with Crippen LogP contribution >= 0.6 is 0 Å². The smallest absolute Gasteiger partial charge is 0.0420 e. The van der Waals surface area contributed by atoms with Gasteiger partial charge in [-0.3, -0.25) is 4.99 Å². The molecule has 1 aliphatic rings. The van der Waals surface area contributed by atoms with E-state index in [4.69, 9.17) is 0 Å². The summed E-state index contributed by atoms with van der Waals surface area (Å²) in [5.74, 6) is 1.85. The van der Waals surface area contributed by atoms with Gasteiger partial charge in [0.25, 0.3) is 0 Å². The largest absolute Gasteiger partial charge is 0.265 e. The van der Waals surface area contributed by atoms with E-state index in [-0.39, 0.29) is 0 Å². The molecule has 1 unspecified atom stereocenters. The van der Waals surface area contributed by atoms with Gasteiger partial charge >= 0.3 is 0 Å². The lowest BCUT2D eigenvalue weighted by Crippen LogP contribution is -2.13. The fourth-order valence-corrected chi connectivity index (χ4v) is 1.85. The van der Waals surface area contributed by atoms with Gasteiger partial charge in [-0.2, -0.15) is 0 Å². The molecule has 0 fully saturated rings. The molecule has 1 rings (SSSR count). The van der Waals surface area contributed by atoms with E-state index >= 15 is 0 Å². The highest BCUT2D eigenvalue weighted by atomic mass is 14.8. The molecule has 0 radical (unpaired) electrons. The monoisotopic (exact) mass is 179 g/mol. The Balaban J connectivity index is 2.95. The zero-order valence-corrected chi connectivity index (χ0v) is 9.46. The van der Waals surface area contributed by atoms with Crippen LogP contribution in [0.25, 0.3) is 0 Å². The maximum Gasteiger partial charge on any atom is 0.0420 e. The van der Waals surface area contributed by atoms with E-state index in [0.717, 1.165) is 0 Å². The van der Waals surface area contributed by atoms with Crippen LogP contribution in [0.3, 0.4) is 0 Å². The zero-order valence-electron chi connectivity index (χ0n) is 9.46. The van der Waals surface area contributed by atoms with Gasteiger partial charge in [-0.1, -0.05) is 34.6 Å². The molecule has 1 heterocycles. The van der Waals surface area contributed by atoms with E-state index in [1.165, 1.54) is 12.1 Å². The maximum absolute atomic E-state index is 4.57. The molecule has 13 heavy (non-hydrogen) atoms. The Morgan fingerprint density at radius 1 is 1.23 bits per heavy atom. The lowest BCUT2D eigenvalue weighted by Gasteiger charge is -2.24. The normalized spacial score (nSPS) is 23.5. The Kier molecular flexibility index (Phi) is 3.29. The van der Waals surface area contributed by atoms with Crippen molar-refractivity contribution in [2.45, 2.75) is 41.0 Å². The third-order valence-electron chi connectivity index (χ3n) is 2.58. The number of nitrogens with zero attached hydrogens (tertiary/aromatic N) is 1. The third-order valence-corrected chi connectivity index (χ3v) is 2.58. The molecule has 0 spiro atoms. The van der Waals surface area contributed by atoms with E-state index in [9.17, 15) is 0 Å². The molecule has 0 aliphatic carbocycles. The lowest BCUT2D eigenvalue weighted by atomic mass is 9.87. The predicted molar refractivity (Wildman–Crippen MR) is 59.0 cm³/mol. The summed E-state index contributed by atoms with van der Waals surface area (Å²) in [5.41, 5.74) is 2.89. The summed E-state index contributed by atoms with van der Waals surface area (Å²) in [6.45, 7) is 11.2. The molecule has 1 aliphatic heterocycles. The van der Waals surface area contributed by atoms with Crippen molar-refractivity contribution in [3.8, 4) is 0 Å². The molecule has 0 aromatic heterocycles. The van der Waals surface area contributed by atoms with Crippen molar-refractivity contribution in [1.82, 2.24) is 0 Å². The molecule has 0 saturated heterocycles. The van der Waals surface area contributed by atoms with Gasteiger partial charge in [0, 0.05) is 11.9 Å². The fraction of sp³-hybridized carbons (Fsp3) is 0.750. The number of allylic oxidation sites excluding steroid dienone is 2. The minimum Gasteiger partial charge on any atom is -0.265 e. The van der Waals surface area contributed by atoms with Crippen LogP contribution in [0.4, 0.5) is 0 Å². The quantitative estimate of drug-likeness (QED) is 0.613. The molecule has 74 valence electrons. The second kappa shape index (κ2) is 4.08. The van der Waals surface area contributed by atoms with Gasteiger partial charge in [-0.15, -0.1) is 0 Å². The SMILES string of the molecule is CC1C=NC(C(C)C)=C(C(C)C)C1. The number of aliphatic imine (C=N–C) groups is 1. The Morgan fingerprint density at radius 2 is 1.85 bits per heavy atom. The van der Waals surface area contributed by atoms with Crippen LogP contribution in [0, 0.1) is 17.8 Å². The summed E-state index contributed by atoms with van der Waals surface area (Å²) in [5, 5.41) is 0. The first-order chi connectivity index (χ1) is 6.02. The van der Waals surface area contributed by atoms with Crippen LogP contribution < -0.4 is 0 Å².